The Kier molecular flexibility index (Phi) is 5.46. The van der Waals surface area contributed by atoms with Crippen LogP contribution in [0.5, 0.6) is 0 Å². The van der Waals surface area contributed by atoms with Gasteiger partial charge in [0.1, 0.15) is 0 Å². The lowest BCUT2D eigenvalue weighted by atomic mass is 9.87. The molecule has 0 saturated carbocycles. The lowest BCUT2D eigenvalue weighted by Gasteiger charge is -2.32. The summed E-state index contributed by atoms with van der Waals surface area (Å²) >= 11 is 0. The second kappa shape index (κ2) is 6.94. The molecule has 21 heavy (non-hydrogen) atoms. The molecule has 1 aromatic heterocycles. The number of aromatic nitrogens is 1. The van der Waals surface area contributed by atoms with Crippen LogP contribution >= 0.6 is 0 Å². The Labute approximate surface area is 128 Å². The van der Waals surface area contributed by atoms with Gasteiger partial charge in [0.25, 0.3) is 0 Å². The fourth-order valence-electron chi connectivity index (χ4n) is 2.86. The number of H-pyrrole nitrogens is 1. The zero-order chi connectivity index (χ0) is 15.5. The fraction of sp³-hybridized carbons (Fsp3) is 0.733. The summed E-state index contributed by atoms with van der Waals surface area (Å²) in [6.07, 6.45) is 3.54. The van der Waals surface area contributed by atoms with Gasteiger partial charge in [0, 0.05) is 31.5 Å². The normalized spacial score (nSPS) is 18.5. The van der Waals surface area contributed by atoms with Crippen molar-refractivity contribution >= 4 is 10.0 Å². The van der Waals surface area contributed by atoms with Crippen molar-refractivity contribution in [1.82, 2.24) is 14.6 Å². The Morgan fingerprint density at radius 1 is 1.38 bits per heavy atom. The van der Waals surface area contributed by atoms with Crippen LogP contribution in [0.4, 0.5) is 0 Å². The highest BCUT2D eigenvalue weighted by Crippen LogP contribution is 2.28. The number of hydrogen-bond donors (Lipinski definition) is 2. The third-order valence-corrected chi connectivity index (χ3v) is 6.24. The van der Waals surface area contributed by atoms with E-state index in [0.29, 0.717) is 36.4 Å². The Hall–Kier alpha value is -0.850. The monoisotopic (exact) mass is 313 g/mol. The summed E-state index contributed by atoms with van der Waals surface area (Å²) in [5.74, 6) is 1.28. The number of piperidine rings is 1. The maximum atomic E-state index is 12.6. The van der Waals surface area contributed by atoms with Crippen LogP contribution in [0.2, 0.25) is 0 Å². The van der Waals surface area contributed by atoms with Crippen molar-refractivity contribution in [1.29, 1.82) is 0 Å². The smallest absolute Gasteiger partial charge is 0.244 e. The highest BCUT2D eigenvalue weighted by Gasteiger charge is 2.30. The molecule has 0 aromatic carbocycles. The molecule has 1 saturated heterocycles. The van der Waals surface area contributed by atoms with Crippen LogP contribution in [-0.2, 0) is 16.6 Å². The molecule has 1 aliphatic rings. The van der Waals surface area contributed by atoms with Gasteiger partial charge in [0.05, 0.1) is 4.90 Å². The van der Waals surface area contributed by atoms with E-state index in [1.54, 1.807) is 16.6 Å². The van der Waals surface area contributed by atoms with E-state index in [1.807, 2.05) is 6.92 Å². The van der Waals surface area contributed by atoms with Crippen LogP contribution in [0.15, 0.2) is 17.2 Å². The Morgan fingerprint density at radius 2 is 2.05 bits per heavy atom. The SMILES string of the molecule is CCNCc1cc(S(=O)(=O)N2CCC(C(C)C)CC2)c[nH]1. The molecule has 2 rings (SSSR count). The van der Waals surface area contributed by atoms with Crippen molar-refractivity contribution in [3.63, 3.8) is 0 Å². The molecule has 1 aliphatic heterocycles. The average molecular weight is 313 g/mol. The number of rotatable bonds is 6. The van der Waals surface area contributed by atoms with Crippen LogP contribution in [0.1, 0.15) is 39.3 Å². The van der Waals surface area contributed by atoms with Gasteiger partial charge in [-0.2, -0.15) is 4.31 Å². The lowest BCUT2D eigenvalue weighted by molar-refractivity contribution is 0.226. The number of nitrogens with one attached hydrogen (secondary N) is 2. The van der Waals surface area contributed by atoms with Crippen molar-refractivity contribution in [2.45, 2.75) is 45.1 Å². The first kappa shape index (κ1) is 16.5. The van der Waals surface area contributed by atoms with Crippen molar-refractivity contribution in [3.8, 4) is 0 Å². The van der Waals surface area contributed by atoms with Gasteiger partial charge >= 0.3 is 0 Å². The fourth-order valence-corrected chi connectivity index (χ4v) is 4.35. The van der Waals surface area contributed by atoms with E-state index < -0.39 is 10.0 Å². The largest absolute Gasteiger partial charge is 0.363 e. The minimum absolute atomic E-state index is 0.387. The minimum atomic E-state index is -3.34. The molecular formula is C15H27N3O2S. The third-order valence-electron chi connectivity index (χ3n) is 4.36. The predicted octanol–water partition coefficient (Wildman–Crippen LogP) is 2.18. The summed E-state index contributed by atoms with van der Waals surface area (Å²) in [7, 11) is -3.34. The summed E-state index contributed by atoms with van der Waals surface area (Å²) in [6, 6.07) is 1.74. The van der Waals surface area contributed by atoms with Crippen LogP contribution in [0, 0.1) is 11.8 Å². The maximum Gasteiger partial charge on any atom is 0.244 e. The van der Waals surface area contributed by atoms with Crippen LogP contribution in [0.3, 0.4) is 0 Å². The average Bonchev–Trinajstić information content (AvgIpc) is 2.94. The third kappa shape index (κ3) is 3.87. The molecule has 2 N–H and O–H groups in total. The Morgan fingerprint density at radius 3 is 2.62 bits per heavy atom. The molecule has 0 atom stereocenters. The highest BCUT2D eigenvalue weighted by atomic mass is 32.2. The molecule has 6 heteroatoms. The molecule has 5 nitrogen and oxygen atoms in total. The summed E-state index contributed by atoms with van der Waals surface area (Å²) in [5, 5.41) is 3.19. The van der Waals surface area contributed by atoms with E-state index >= 15 is 0 Å². The first-order valence-electron chi connectivity index (χ1n) is 7.83. The zero-order valence-electron chi connectivity index (χ0n) is 13.2. The number of nitrogens with zero attached hydrogens (tertiary/aromatic N) is 1. The second-order valence-corrected chi connectivity index (χ2v) is 8.06. The van der Waals surface area contributed by atoms with E-state index in [1.165, 1.54) is 0 Å². The number of hydrogen-bond acceptors (Lipinski definition) is 3. The zero-order valence-corrected chi connectivity index (χ0v) is 14.0. The summed E-state index contributed by atoms with van der Waals surface area (Å²) in [6.45, 7) is 9.27. The van der Waals surface area contributed by atoms with Crippen LogP contribution in [-0.4, -0.2) is 37.3 Å². The highest BCUT2D eigenvalue weighted by molar-refractivity contribution is 7.89. The van der Waals surface area contributed by atoms with Gasteiger partial charge in [0.2, 0.25) is 10.0 Å². The van der Waals surface area contributed by atoms with E-state index in [4.69, 9.17) is 0 Å². The molecule has 2 heterocycles. The first-order valence-corrected chi connectivity index (χ1v) is 9.27. The van der Waals surface area contributed by atoms with Gasteiger partial charge in [-0.3, -0.25) is 0 Å². The van der Waals surface area contributed by atoms with Crippen molar-refractivity contribution in [2.24, 2.45) is 11.8 Å². The topological polar surface area (TPSA) is 65.2 Å². The molecule has 0 bridgehead atoms. The molecule has 0 aliphatic carbocycles. The van der Waals surface area contributed by atoms with Crippen LogP contribution < -0.4 is 5.32 Å². The molecule has 0 spiro atoms. The number of sulfonamides is 1. The predicted molar refractivity (Wildman–Crippen MR) is 84.5 cm³/mol. The van der Waals surface area contributed by atoms with Crippen LogP contribution in [0.25, 0.3) is 0 Å². The van der Waals surface area contributed by atoms with Crippen molar-refractivity contribution in [3.05, 3.63) is 18.0 Å². The second-order valence-electron chi connectivity index (χ2n) is 6.13. The van der Waals surface area contributed by atoms with Gasteiger partial charge in [-0.15, -0.1) is 0 Å². The van der Waals surface area contributed by atoms with E-state index in [0.717, 1.165) is 25.1 Å². The van der Waals surface area contributed by atoms with Gasteiger partial charge in [-0.25, -0.2) is 8.42 Å². The van der Waals surface area contributed by atoms with Gasteiger partial charge in [-0.05, 0) is 37.3 Å². The van der Waals surface area contributed by atoms with E-state index in [9.17, 15) is 8.42 Å². The standard InChI is InChI=1S/C15H27N3O2S/c1-4-16-10-14-9-15(11-17-14)21(19,20)18-7-5-13(6-8-18)12(2)3/h9,11-13,16-17H,4-8,10H2,1-3H3. The Balaban J connectivity index is 2.03. The van der Waals surface area contributed by atoms with Crippen molar-refractivity contribution in [2.75, 3.05) is 19.6 Å². The van der Waals surface area contributed by atoms with Gasteiger partial charge < -0.3 is 10.3 Å². The minimum Gasteiger partial charge on any atom is -0.363 e. The molecule has 0 radical (unpaired) electrons. The molecular weight excluding hydrogens is 286 g/mol. The van der Waals surface area contributed by atoms with Crippen molar-refractivity contribution < 1.29 is 8.42 Å². The molecule has 1 aromatic rings. The Bertz CT molecular complexity index is 543. The van der Waals surface area contributed by atoms with E-state index in [-0.39, 0.29) is 0 Å². The molecule has 120 valence electrons. The molecule has 0 amide bonds. The first-order chi connectivity index (χ1) is 9.95. The molecule has 1 fully saturated rings. The summed E-state index contributed by atoms with van der Waals surface area (Å²) < 4.78 is 26.9. The lowest BCUT2D eigenvalue weighted by Crippen LogP contribution is -2.39. The maximum absolute atomic E-state index is 12.6. The van der Waals surface area contributed by atoms with Gasteiger partial charge in [0.15, 0.2) is 0 Å². The quantitative estimate of drug-likeness (QED) is 0.846. The summed E-state index contributed by atoms with van der Waals surface area (Å²) in [5.41, 5.74) is 0.910. The van der Waals surface area contributed by atoms with E-state index in [2.05, 4.69) is 24.1 Å². The number of aromatic amines is 1. The molecule has 0 unspecified atom stereocenters. The summed E-state index contributed by atoms with van der Waals surface area (Å²) in [4.78, 5) is 3.43. The van der Waals surface area contributed by atoms with Gasteiger partial charge in [-0.1, -0.05) is 20.8 Å².